The predicted molar refractivity (Wildman–Crippen MR) is 66.7 cm³/mol. The van der Waals surface area contributed by atoms with Crippen molar-refractivity contribution in [2.45, 2.75) is 0 Å². The van der Waals surface area contributed by atoms with Crippen LogP contribution in [0.15, 0.2) is 22.7 Å². The van der Waals surface area contributed by atoms with E-state index in [4.69, 9.17) is 19.9 Å². The molecule has 0 atom stereocenters. The fourth-order valence-electron chi connectivity index (χ4n) is 1.09. The van der Waals surface area contributed by atoms with Gasteiger partial charge in [-0.2, -0.15) is 0 Å². The van der Waals surface area contributed by atoms with Gasteiger partial charge in [0.1, 0.15) is 12.4 Å². The molecule has 0 aliphatic rings. The van der Waals surface area contributed by atoms with E-state index in [0.29, 0.717) is 32.1 Å². The van der Waals surface area contributed by atoms with Crippen molar-refractivity contribution < 1.29 is 14.2 Å². The average molecular weight is 290 g/mol. The zero-order chi connectivity index (χ0) is 11.8. The maximum Gasteiger partial charge on any atom is 0.135 e. The zero-order valence-electron chi connectivity index (χ0n) is 9.24. The van der Waals surface area contributed by atoms with E-state index < -0.39 is 0 Å². The second-order valence-corrected chi connectivity index (χ2v) is 4.00. The SMILES string of the molecule is COCCOCCOc1cc(N)ccc1Br. The molecule has 0 amide bonds. The third-order valence-electron chi connectivity index (χ3n) is 1.87. The van der Waals surface area contributed by atoms with Crippen molar-refractivity contribution in [1.29, 1.82) is 0 Å². The molecule has 1 rings (SSSR count). The second kappa shape index (κ2) is 7.49. The summed E-state index contributed by atoms with van der Waals surface area (Å²) in [5, 5.41) is 0. The molecule has 1 aromatic carbocycles. The number of benzene rings is 1. The molecule has 90 valence electrons. The van der Waals surface area contributed by atoms with Crippen LogP contribution < -0.4 is 10.5 Å². The lowest BCUT2D eigenvalue weighted by Gasteiger charge is -2.09. The first-order chi connectivity index (χ1) is 7.74. The topological polar surface area (TPSA) is 53.7 Å². The molecule has 0 radical (unpaired) electrons. The molecule has 0 bridgehead atoms. The van der Waals surface area contributed by atoms with Crippen LogP contribution in [-0.4, -0.2) is 33.5 Å². The lowest BCUT2D eigenvalue weighted by atomic mass is 10.3. The van der Waals surface area contributed by atoms with Crippen LogP contribution >= 0.6 is 15.9 Å². The molecule has 2 N–H and O–H groups in total. The minimum Gasteiger partial charge on any atom is -0.490 e. The van der Waals surface area contributed by atoms with Crippen molar-refractivity contribution in [2.75, 3.05) is 39.3 Å². The molecule has 0 saturated heterocycles. The van der Waals surface area contributed by atoms with Crippen molar-refractivity contribution >= 4 is 21.6 Å². The van der Waals surface area contributed by atoms with E-state index in [1.807, 2.05) is 12.1 Å². The molecule has 5 heteroatoms. The highest BCUT2D eigenvalue weighted by molar-refractivity contribution is 9.10. The molecule has 0 heterocycles. The monoisotopic (exact) mass is 289 g/mol. The first-order valence-electron chi connectivity index (χ1n) is 4.98. The number of methoxy groups -OCH3 is 1. The van der Waals surface area contributed by atoms with Gasteiger partial charge in [-0.05, 0) is 28.1 Å². The average Bonchev–Trinajstić information content (AvgIpc) is 2.28. The second-order valence-electron chi connectivity index (χ2n) is 3.14. The van der Waals surface area contributed by atoms with Gasteiger partial charge in [-0.15, -0.1) is 0 Å². The summed E-state index contributed by atoms with van der Waals surface area (Å²) in [6.07, 6.45) is 0. The number of rotatable bonds is 7. The molecule has 0 spiro atoms. The van der Waals surface area contributed by atoms with Crippen LogP contribution in [0.3, 0.4) is 0 Å². The van der Waals surface area contributed by atoms with Crippen molar-refractivity contribution in [3.8, 4) is 5.75 Å². The van der Waals surface area contributed by atoms with Crippen molar-refractivity contribution in [1.82, 2.24) is 0 Å². The predicted octanol–water partition coefficient (Wildman–Crippen LogP) is 2.07. The van der Waals surface area contributed by atoms with Gasteiger partial charge in [-0.1, -0.05) is 0 Å². The van der Waals surface area contributed by atoms with Gasteiger partial charge in [-0.25, -0.2) is 0 Å². The number of hydrogen-bond donors (Lipinski definition) is 1. The summed E-state index contributed by atoms with van der Waals surface area (Å²) in [4.78, 5) is 0. The Bertz CT molecular complexity index is 320. The van der Waals surface area contributed by atoms with Gasteiger partial charge >= 0.3 is 0 Å². The molecule has 0 saturated carbocycles. The van der Waals surface area contributed by atoms with Crippen LogP contribution in [0.2, 0.25) is 0 Å². The molecule has 0 unspecified atom stereocenters. The standard InChI is InChI=1S/C11H16BrNO3/c1-14-4-5-15-6-7-16-11-8-9(13)2-3-10(11)12/h2-3,8H,4-7,13H2,1H3. The van der Waals surface area contributed by atoms with Gasteiger partial charge in [0.25, 0.3) is 0 Å². The first-order valence-corrected chi connectivity index (χ1v) is 5.78. The zero-order valence-corrected chi connectivity index (χ0v) is 10.8. The number of anilines is 1. The highest BCUT2D eigenvalue weighted by Crippen LogP contribution is 2.26. The number of hydrogen-bond acceptors (Lipinski definition) is 4. The van der Waals surface area contributed by atoms with Crippen LogP contribution in [0.5, 0.6) is 5.75 Å². The number of nitrogen functional groups attached to an aromatic ring is 1. The largest absolute Gasteiger partial charge is 0.490 e. The van der Waals surface area contributed by atoms with Gasteiger partial charge in [0, 0.05) is 18.9 Å². The summed E-state index contributed by atoms with van der Waals surface area (Å²) in [6, 6.07) is 5.45. The molecule has 0 aromatic heterocycles. The summed E-state index contributed by atoms with van der Waals surface area (Å²) in [5.41, 5.74) is 6.33. The number of ether oxygens (including phenoxy) is 3. The first kappa shape index (κ1) is 13.3. The molecule has 4 nitrogen and oxygen atoms in total. The van der Waals surface area contributed by atoms with Crippen molar-refractivity contribution in [3.63, 3.8) is 0 Å². The lowest BCUT2D eigenvalue weighted by Crippen LogP contribution is -2.10. The van der Waals surface area contributed by atoms with E-state index in [-0.39, 0.29) is 0 Å². The number of nitrogens with two attached hydrogens (primary N) is 1. The van der Waals surface area contributed by atoms with E-state index >= 15 is 0 Å². The van der Waals surface area contributed by atoms with Crippen LogP contribution in [0, 0.1) is 0 Å². The summed E-state index contributed by atoms with van der Waals surface area (Å²) in [5.74, 6) is 0.732. The summed E-state index contributed by atoms with van der Waals surface area (Å²) < 4.78 is 16.5. The molecule has 0 aliphatic heterocycles. The van der Waals surface area contributed by atoms with Crippen LogP contribution in [0.4, 0.5) is 5.69 Å². The third kappa shape index (κ3) is 4.83. The molecular formula is C11H16BrNO3. The maximum atomic E-state index is 5.65. The third-order valence-corrected chi connectivity index (χ3v) is 2.53. The molecule has 0 aliphatic carbocycles. The van der Waals surface area contributed by atoms with Crippen molar-refractivity contribution in [3.05, 3.63) is 22.7 Å². The quantitative estimate of drug-likeness (QED) is 0.617. The summed E-state index contributed by atoms with van der Waals surface area (Å²) in [6.45, 7) is 2.20. The Kier molecular flexibility index (Phi) is 6.22. The van der Waals surface area contributed by atoms with E-state index in [1.165, 1.54) is 0 Å². The van der Waals surface area contributed by atoms with E-state index in [0.717, 1.165) is 10.2 Å². The Morgan fingerprint density at radius 1 is 1.19 bits per heavy atom. The Balaban J connectivity index is 2.23. The minimum atomic E-state index is 0.492. The van der Waals surface area contributed by atoms with Crippen molar-refractivity contribution in [2.24, 2.45) is 0 Å². The molecule has 0 fully saturated rings. The Morgan fingerprint density at radius 3 is 2.69 bits per heavy atom. The fourth-order valence-corrected chi connectivity index (χ4v) is 1.45. The fraction of sp³-hybridized carbons (Fsp3) is 0.455. The minimum absolute atomic E-state index is 0.492. The van der Waals surface area contributed by atoms with Crippen LogP contribution in [0.25, 0.3) is 0 Å². The Morgan fingerprint density at radius 2 is 1.94 bits per heavy atom. The van der Waals surface area contributed by atoms with Gasteiger partial charge in [0.2, 0.25) is 0 Å². The van der Waals surface area contributed by atoms with Gasteiger partial charge in [0.15, 0.2) is 0 Å². The Labute approximate surface area is 104 Å². The smallest absolute Gasteiger partial charge is 0.135 e. The molecule has 1 aromatic rings. The lowest BCUT2D eigenvalue weighted by molar-refractivity contribution is 0.0543. The molecular weight excluding hydrogens is 274 g/mol. The summed E-state index contributed by atoms with van der Waals surface area (Å²) in [7, 11) is 1.64. The van der Waals surface area contributed by atoms with E-state index in [1.54, 1.807) is 13.2 Å². The maximum absolute atomic E-state index is 5.65. The summed E-state index contributed by atoms with van der Waals surface area (Å²) >= 11 is 3.38. The van der Waals surface area contributed by atoms with Gasteiger partial charge < -0.3 is 19.9 Å². The highest BCUT2D eigenvalue weighted by Gasteiger charge is 2.01. The Hall–Kier alpha value is -0.780. The van der Waals surface area contributed by atoms with Crippen LogP contribution in [0.1, 0.15) is 0 Å². The molecule has 16 heavy (non-hydrogen) atoms. The van der Waals surface area contributed by atoms with Gasteiger partial charge in [0.05, 0.1) is 24.3 Å². The highest BCUT2D eigenvalue weighted by atomic mass is 79.9. The van der Waals surface area contributed by atoms with Crippen LogP contribution in [-0.2, 0) is 9.47 Å². The van der Waals surface area contributed by atoms with E-state index in [2.05, 4.69) is 15.9 Å². The van der Waals surface area contributed by atoms with Gasteiger partial charge in [-0.3, -0.25) is 0 Å². The number of halogens is 1. The van der Waals surface area contributed by atoms with E-state index in [9.17, 15) is 0 Å². The normalized spacial score (nSPS) is 10.4.